The summed E-state index contributed by atoms with van der Waals surface area (Å²) in [4.78, 5) is 24.5. The maximum Gasteiger partial charge on any atom is 0.325 e. The number of carbonyl (C=O) groups is 2. The van der Waals surface area contributed by atoms with Gasteiger partial charge >= 0.3 is 5.97 Å². The zero-order chi connectivity index (χ0) is 15.0. The second kappa shape index (κ2) is 8.14. The molecule has 1 amide bonds. The fourth-order valence-corrected chi connectivity index (χ4v) is 1.51. The average Bonchev–Trinajstić information content (AvgIpc) is 2.44. The first-order valence-electron chi connectivity index (χ1n) is 6.38. The van der Waals surface area contributed by atoms with Crippen LogP contribution < -0.4 is 4.74 Å². The Balaban J connectivity index is 2.46. The van der Waals surface area contributed by atoms with Crippen LogP contribution in [-0.4, -0.2) is 43.1 Å². The van der Waals surface area contributed by atoms with Crippen LogP contribution in [0.3, 0.4) is 0 Å². The van der Waals surface area contributed by atoms with Crippen LogP contribution >= 0.6 is 0 Å². The minimum Gasteiger partial charge on any atom is -0.484 e. The van der Waals surface area contributed by atoms with E-state index in [4.69, 9.17) is 9.47 Å². The standard InChI is InChI=1S/C14H18FNO4/c1-3-16(9-14(18)19-4-2)13(17)10-20-12-7-5-11(15)6-8-12/h5-8H,3-4,9-10H2,1-2H3. The summed E-state index contributed by atoms with van der Waals surface area (Å²) in [5.41, 5.74) is 0. The topological polar surface area (TPSA) is 55.8 Å². The van der Waals surface area contributed by atoms with Crippen molar-refractivity contribution in [2.75, 3.05) is 26.3 Å². The predicted octanol–water partition coefficient (Wildman–Crippen LogP) is 1.62. The Hall–Kier alpha value is -2.11. The van der Waals surface area contributed by atoms with E-state index in [2.05, 4.69) is 0 Å². The fourth-order valence-electron chi connectivity index (χ4n) is 1.51. The lowest BCUT2D eigenvalue weighted by atomic mass is 10.3. The zero-order valence-electron chi connectivity index (χ0n) is 11.6. The Labute approximate surface area is 117 Å². The molecule has 1 aromatic rings. The van der Waals surface area contributed by atoms with Crippen LogP contribution in [-0.2, 0) is 14.3 Å². The van der Waals surface area contributed by atoms with Gasteiger partial charge in [0.2, 0.25) is 0 Å². The Morgan fingerprint density at radius 3 is 2.40 bits per heavy atom. The molecule has 0 saturated heterocycles. The minimum absolute atomic E-state index is 0.101. The van der Waals surface area contributed by atoms with Crippen molar-refractivity contribution in [3.8, 4) is 5.75 Å². The number of rotatable bonds is 7. The highest BCUT2D eigenvalue weighted by atomic mass is 19.1. The smallest absolute Gasteiger partial charge is 0.325 e. The summed E-state index contributed by atoms with van der Waals surface area (Å²) in [6, 6.07) is 5.36. The summed E-state index contributed by atoms with van der Waals surface area (Å²) in [6.45, 7) is 3.80. The second-order valence-electron chi connectivity index (χ2n) is 3.96. The van der Waals surface area contributed by atoms with Gasteiger partial charge in [-0.25, -0.2) is 4.39 Å². The Morgan fingerprint density at radius 1 is 1.20 bits per heavy atom. The normalized spacial score (nSPS) is 9.95. The lowest BCUT2D eigenvalue weighted by molar-refractivity contribution is -0.149. The van der Waals surface area contributed by atoms with E-state index >= 15 is 0 Å². The maximum atomic E-state index is 12.7. The van der Waals surface area contributed by atoms with E-state index in [0.29, 0.717) is 12.3 Å². The van der Waals surface area contributed by atoms with Crippen molar-refractivity contribution in [2.24, 2.45) is 0 Å². The van der Waals surface area contributed by atoms with E-state index in [-0.39, 0.29) is 31.5 Å². The third-order valence-electron chi connectivity index (χ3n) is 2.54. The van der Waals surface area contributed by atoms with Gasteiger partial charge in [-0.3, -0.25) is 9.59 Å². The third-order valence-corrected chi connectivity index (χ3v) is 2.54. The molecule has 0 N–H and O–H groups in total. The Kier molecular flexibility index (Phi) is 6.49. The number of ether oxygens (including phenoxy) is 2. The third kappa shape index (κ3) is 5.26. The molecule has 0 heterocycles. The zero-order valence-corrected chi connectivity index (χ0v) is 11.6. The summed E-state index contributed by atoms with van der Waals surface area (Å²) in [6.07, 6.45) is 0. The molecule has 0 spiro atoms. The van der Waals surface area contributed by atoms with Gasteiger partial charge in [-0.15, -0.1) is 0 Å². The molecule has 0 aliphatic carbocycles. The molecular formula is C14H18FNO4. The number of hydrogen-bond donors (Lipinski definition) is 0. The molecular weight excluding hydrogens is 265 g/mol. The molecule has 0 aliphatic rings. The summed E-state index contributed by atoms with van der Waals surface area (Å²) in [5.74, 6) is -0.762. The summed E-state index contributed by atoms with van der Waals surface area (Å²) >= 11 is 0. The quantitative estimate of drug-likeness (QED) is 0.713. The molecule has 110 valence electrons. The number of benzene rings is 1. The van der Waals surface area contributed by atoms with Crippen molar-refractivity contribution in [1.29, 1.82) is 0 Å². The second-order valence-corrected chi connectivity index (χ2v) is 3.96. The molecule has 0 bridgehead atoms. The first kappa shape index (κ1) is 15.9. The number of likely N-dealkylation sites (N-methyl/N-ethyl adjacent to an activating group) is 1. The highest BCUT2D eigenvalue weighted by Gasteiger charge is 2.16. The van der Waals surface area contributed by atoms with E-state index in [1.807, 2.05) is 0 Å². The van der Waals surface area contributed by atoms with Crippen LogP contribution in [0.1, 0.15) is 13.8 Å². The lowest BCUT2D eigenvalue weighted by Gasteiger charge is -2.19. The van der Waals surface area contributed by atoms with Gasteiger partial charge in [0.1, 0.15) is 18.1 Å². The molecule has 0 unspecified atom stereocenters. The van der Waals surface area contributed by atoms with Crippen molar-refractivity contribution in [2.45, 2.75) is 13.8 Å². The van der Waals surface area contributed by atoms with E-state index in [1.54, 1.807) is 13.8 Å². The number of halogens is 1. The molecule has 0 radical (unpaired) electrons. The number of esters is 1. The number of nitrogens with zero attached hydrogens (tertiary/aromatic N) is 1. The van der Waals surface area contributed by atoms with Gasteiger partial charge in [0.15, 0.2) is 6.61 Å². The molecule has 0 aromatic heterocycles. The van der Waals surface area contributed by atoms with Crippen LogP contribution in [0.2, 0.25) is 0 Å². The van der Waals surface area contributed by atoms with Crippen molar-refractivity contribution in [3.63, 3.8) is 0 Å². The molecule has 0 saturated carbocycles. The Morgan fingerprint density at radius 2 is 1.85 bits per heavy atom. The van der Waals surface area contributed by atoms with E-state index in [9.17, 15) is 14.0 Å². The highest BCUT2D eigenvalue weighted by Crippen LogP contribution is 2.11. The lowest BCUT2D eigenvalue weighted by Crippen LogP contribution is -2.39. The molecule has 0 fully saturated rings. The van der Waals surface area contributed by atoms with Gasteiger partial charge in [-0.05, 0) is 38.1 Å². The number of carbonyl (C=O) groups excluding carboxylic acids is 2. The van der Waals surface area contributed by atoms with Gasteiger partial charge < -0.3 is 14.4 Å². The maximum absolute atomic E-state index is 12.7. The highest BCUT2D eigenvalue weighted by molar-refractivity contribution is 5.83. The number of amides is 1. The largest absolute Gasteiger partial charge is 0.484 e. The molecule has 0 aliphatic heterocycles. The van der Waals surface area contributed by atoms with Crippen LogP contribution in [0.25, 0.3) is 0 Å². The molecule has 1 aromatic carbocycles. The molecule has 6 heteroatoms. The van der Waals surface area contributed by atoms with Gasteiger partial charge in [0.05, 0.1) is 6.61 Å². The molecule has 20 heavy (non-hydrogen) atoms. The number of hydrogen-bond acceptors (Lipinski definition) is 4. The van der Waals surface area contributed by atoms with Gasteiger partial charge in [0, 0.05) is 6.54 Å². The van der Waals surface area contributed by atoms with E-state index < -0.39 is 5.97 Å². The summed E-state index contributed by atoms with van der Waals surface area (Å²) < 4.78 is 22.7. The SMILES string of the molecule is CCOC(=O)CN(CC)C(=O)COc1ccc(F)cc1. The van der Waals surface area contributed by atoms with Crippen LogP contribution in [0.4, 0.5) is 4.39 Å². The first-order chi connectivity index (χ1) is 9.56. The molecule has 5 nitrogen and oxygen atoms in total. The van der Waals surface area contributed by atoms with E-state index in [1.165, 1.54) is 29.2 Å². The monoisotopic (exact) mass is 283 g/mol. The van der Waals surface area contributed by atoms with Crippen molar-refractivity contribution in [3.05, 3.63) is 30.1 Å². The van der Waals surface area contributed by atoms with Crippen LogP contribution in [0.15, 0.2) is 24.3 Å². The van der Waals surface area contributed by atoms with E-state index in [0.717, 1.165) is 0 Å². The first-order valence-corrected chi connectivity index (χ1v) is 6.38. The summed E-state index contributed by atoms with van der Waals surface area (Å²) in [5, 5.41) is 0. The van der Waals surface area contributed by atoms with Crippen molar-refractivity contribution >= 4 is 11.9 Å². The van der Waals surface area contributed by atoms with Gasteiger partial charge in [0.25, 0.3) is 5.91 Å². The van der Waals surface area contributed by atoms with Crippen molar-refractivity contribution < 1.29 is 23.5 Å². The average molecular weight is 283 g/mol. The Bertz CT molecular complexity index is 447. The van der Waals surface area contributed by atoms with Gasteiger partial charge in [-0.1, -0.05) is 0 Å². The van der Waals surface area contributed by atoms with Crippen LogP contribution in [0.5, 0.6) is 5.75 Å². The van der Waals surface area contributed by atoms with Crippen LogP contribution in [0, 0.1) is 5.82 Å². The van der Waals surface area contributed by atoms with Gasteiger partial charge in [-0.2, -0.15) is 0 Å². The minimum atomic E-state index is -0.454. The molecule has 0 atom stereocenters. The summed E-state index contributed by atoms with van der Waals surface area (Å²) in [7, 11) is 0. The van der Waals surface area contributed by atoms with Crippen molar-refractivity contribution in [1.82, 2.24) is 4.90 Å². The predicted molar refractivity (Wildman–Crippen MR) is 70.8 cm³/mol. The molecule has 1 rings (SSSR count). The fraction of sp³-hybridized carbons (Fsp3) is 0.429.